The van der Waals surface area contributed by atoms with Gasteiger partial charge in [0.15, 0.2) is 0 Å². The number of carbonyl (C=O) groups excluding carboxylic acids is 1. The number of methoxy groups -OCH3 is 1. The molecule has 1 aliphatic heterocycles. The first kappa shape index (κ1) is 22.1. The van der Waals surface area contributed by atoms with Crippen LogP contribution in [0.2, 0.25) is 10.2 Å². The zero-order valence-electron chi connectivity index (χ0n) is 16.6. The third-order valence-corrected chi connectivity index (χ3v) is 5.96. The van der Waals surface area contributed by atoms with Gasteiger partial charge in [0.1, 0.15) is 5.15 Å². The van der Waals surface area contributed by atoms with Gasteiger partial charge < -0.3 is 19.6 Å². The predicted molar refractivity (Wildman–Crippen MR) is 113 cm³/mol. The summed E-state index contributed by atoms with van der Waals surface area (Å²) in [5, 5.41) is 10.2. The second-order valence-corrected chi connectivity index (χ2v) is 7.71. The molecule has 0 spiro atoms. The van der Waals surface area contributed by atoms with E-state index in [2.05, 4.69) is 9.97 Å². The van der Waals surface area contributed by atoms with Crippen molar-refractivity contribution < 1.29 is 19.4 Å². The van der Waals surface area contributed by atoms with Gasteiger partial charge in [0.05, 0.1) is 24.4 Å². The van der Waals surface area contributed by atoms with Gasteiger partial charge in [-0.15, -0.1) is 0 Å². The molecule has 1 fully saturated rings. The average Bonchev–Trinajstić information content (AvgIpc) is 2.74. The number of piperidine rings is 1. The Morgan fingerprint density at radius 2 is 1.97 bits per heavy atom. The van der Waals surface area contributed by atoms with Crippen LogP contribution in [0.15, 0.2) is 24.4 Å². The number of halogens is 2. The molecule has 0 saturated carbocycles. The molecule has 1 aliphatic rings. The molecule has 30 heavy (non-hydrogen) atoms. The van der Waals surface area contributed by atoms with Crippen molar-refractivity contribution in [2.24, 2.45) is 0 Å². The summed E-state index contributed by atoms with van der Waals surface area (Å²) in [7, 11) is 1.48. The molecule has 2 aromatic rings. The van der Waals surface area contributed by atoms with Gasteiger partial charge in [0, 0.05) is 43.4 Å². The lowest BCUT2D eigenvalue weighted by molar-refractivity contribution is -0.130. The van der Waals surface area contributed by atoms with Crippen molar-refractivity contribution in [3.8, 4) is 17.1 Å². The van der Waals surface area contributed by atoms with E-state index >= 15 is 0 Å². The summed E-state index contributed by atoms with van der Waals surface area (Å²) in [6.45, 7) is 2.73. The van der Waals surface area contributed by atoms with Gasteiger partial charge in [-0.2, -0.15) is 0 Å². The number of hydrogen-bond acceptors (Lipinski definition) is 5. The summed E-state index contributed by atoms with van der Waals surface area (Å²) >= 11 is 12.2. The molecule has 8 nitrogen and oxygen atoms in total. The number of pyridine rings is 2. The Bertz CT molecular complexity index is 948. The number of likely N-dealkylation sites (tertiary alicyclic amines) is 1. The van der Waals surface area contributed by atoms with Crippen LogP contribution in [-0.4, -0.2) is 63.1 Å². The third-order valence-electron chi connectivity index (χ3n) is 5.19. The monoisotopic (exact) mass is 452 g/mol. The van der Waals surface area contributed by atoms with E-state index in [1.54, 1.807) is 23.1 Å². The minimum absolute atomic E-state index is 0.00617. The molecular weight excluding hydrogens is 431 g/mol. The molecule has 0 unspecified atom stereocenters. The Morgan fingerprint density at radius 3 is 2.57 bits per heavy atom. The highest BCUT2D eigenvalue weighted by Gasteiger charge is 2.29. The fraction of sp³-hybridized carbons (Fsp3) is 0.400. The molecular formula is C20H22Cl2N4O4. The maximum absolute atomic E-state index is 11.9. The lowest BCUT2D eigenvalue weighted by Crippen LogP contribution is -2.47. The Kier molecular flexibility index (Phi) is 6.99. The quantitative estimate of drug-likeness (QED) is 0.689. The Hall–Kier alpha value is -2.58. The van der Waals surface area contributed by atoms with Gasteiger partial charge in [-0.05, 0) is 31.0 Å². The van der Waals surface area contributed by atoms with E-state index in [4.69, 9.17) is 27.9 Å². The van der Waals surface area contributed by atoms with Gasteiger partial charge in [-0.25, -0.2) is 14.8 Å². The number of ether oxygens (including phenoxy) is 1. The van der Waals surface area contributed by atoms with E-state index in [0.29, 0.717) is 48.6 Å². The smallest absolute Gasteiger partial charge is 0.407 e. The minimum atomic E-state index is -1.02. The highest BCUT2D eigenvalue weighted by atomic mass is 35.5. The van der Waals surface area contributed by atoms with Crippen LogP contribution in [0.4, 0.5) is 4.79 Å². The Balaban J connectivity index is 1.83. The van der Waals surface area contributed by atoms with Crippen molar-refractivity contribution in [1.29, 1.82) is 0 Å². The first-order chi connectivity index (χ1) is 14.3. The van der Waals surface area contributed by atoms with Crippen molar-refractivity contribution in [1.82, 2.24) is 19.8 Å². The highest BCUT2D eigenvalue weighted by molar-refractivity contribution is 6.42. The molecule has 3 rings (SSSR count). The normalized spacial score (nSPS) is 14.5. The highest BCUT2D eigenvalue weighted by Crippen LogP contribution is 2.33. The van der Waals surface area contributed by atoms with Crippen molar-refractivity contribution >= 4 is 35.2 Å². The topological polar surface area (TPSA) is 95.9 Å². The van der Waals surface area contributed by atoms with E-state index in [0.717, 1.165) is 0 Å². The van der Waals surface area contributed by atoms with Gasteiger partial charge in [-0.1, -0.05) is 23.2 Å². The maximum Gasteiger partial charge on any atom is 0.407 e. The lowest BCUT2D eigenvalue weighted by Gasteiger charge is -2.37. The number of aromatic nitrogens is 2. The lowest BCUT2D eigenvalue weighted by atomic mass is 10.0. The largest absolute Gasteiger partial charge is 0.481 e. The zero-order valence-corrected chi connectivity index (χ0v) is 18.2. The molecule has 0 bridgehead atoms. The van der Waals surface area contributed by atoms with Crippen LogP contribution >= 0.6 is 23.2 Å². The van der Waals surface area contributed by atoms with Gasteiger partial charge in [0.25, 0.3) is 0 Å². The molecule has 10 heteroatoms. The number of amides is 2. The van der Waals surface area contributed by atoms with Gasteiger partial charge >= 0.3 is 6.09 Å². The number of carboxylic acid groups (broad SMARTS) is 1. The van der Waals surface area contributed by atoms with Crippen LogP contribution in [-0.2, 0) is 11.3 Å². The first-order valence-corrected chi connectivity index (χ1v) is 10.2. The number of hydrogen-bond donors (Lipinski definition) is 1. The summed E-state index contributed by atoms with van der Waals surface area (Å²) in [5.41, 5.74) is 1.78. The van der Waals surface area contributed by atoms with Crippen LogP contribution in [0, 0.1) is 0 Å². The molecule has 3 heterocycles. The molecule has 2 amide bonds. The number of carbonyl (C=O) groups is 2. The molecule has 2 aromatic heterocycles. The summed E-state index contributed by atoms with van der Waals surface area (Å²) in [4.78, 5) is 35.0. The molecule has 0 radical (unpaired) electrons. The summed E-state index contributed by atoms with van der Waals surface area (Å²) in [6.07, 6.45) is 1.69. The van der Waals surface area contributed by atoms with E-state index in [9.17, 15) is 14.7 Å². The summed E-state index contributed by atoms with van der Waals surface area (Å²) in [6, 6.07) is 5.03. The summed E-state index contributed by atoms with van der Waals surface area (Å²) in [5.74, 6) is 0.315. The van der Waals surface area contributed by atoms with Crippen LogP contribution in [0.5, 0.6) is 5.88 Å². The van der Waals surface area contributed by atoms with Crippen molar-refractivity contribution in [3.63, 3.8) is 0 Å². The second kappa shape index (κ2) is 9.49. The van der Waals surface area contributed by atoms with Gasteiger partial charge in [-0.3, -0.25) is 4.79 Å². The molecule has 0 atom stereocenters. The third kappa shape index (κ3) is 4.76. The SMILES string of the molecule is COc1nc(-c2ccnc(Cl)c2Cl)ccc1CN(C(=O)O)C1CCN(C(C)=O)CC1. The van der Waals surface area contributed by atoms with Crippen molar-refractivity contribution in [3.05, 3.63) is 40.1 Å². The van der Waals surface area contributed by atoms with Crippen molar-refractivity contribution in [2.45, 2.75) is 32.4 Å². The average molecular weight is 453 g/mol. The molecule has 1 N–H and O–H groups in total. The predicted octanol–water partition coefficient (Wildman–Crippen LogP) is 3.95. The maximum atomic E-state index is 11.9. The molecule has 0 aliphatic carbocycles. The van der Waals surface area contributed by atoms with E-state index in [1.165, 1.54) is 25.1 Å². The van der Waals surface area contributed by atoms with Crippen LogP contribution < -0.4 is 4.74 Å². The van der Waals surface area contributed by atoms with Crippen molar-refractivity contribution in [2.75, 3.05) is 20.2 Å². The van der Waals surface area contributed by atoms with Crippen LogP contribution in [0.3, 0.4) is 0 Å². The van der Waals surface area contributed by atoms with E-state index in [1.807, 2.05) is 0 Å². The standard InChI is InChI=1S/C20H22Cl2N4O4/c1-12(27)25-9-6-14(7-10-25)26(20(28)29)11-13-3-4-16(24-19(13)30-2)15-5-8-23-18(22)17(15)21/h3-5,8,14H,6-7,9-11H2,1-2H3,(H,28,29). The Morgan fingerprint density at radius 1 is 1.27 bits per heavy atom. The molecule has 160 valence electrons. The number of nitrogens with zero attached hydrogens (tertiary/aromatic N) is 4. The van der Waals surface area contributed by atoms with E-state index < -0.39 is 6.09 Å². The van der Waals surface area contributed by atoms with Crippen LogP contribution in [0.25, 0.3) is 11.3 Å². The first-order valence-electron chi connectivity index (χ1n) is 9.41. The van der Waals surface area contributed by atoms with Crippen LogP contribution in [0.1, 0.15) is 25.3 Å². The fourth-order valence-electron chi connectivity index (χ4n) is 3.56. The minimum Gasteiger partial charge on any atom is -0.481 e. The second-order valence-electron chi connectivity index (χ2n) is 6.98. The van der Waals surface area contributed by atoms with Gasteiger partial charge in [0.2, 0.25) is 11.8 Å². The number of rotatable bonds is 5. The zero-order chi connectivity index (χ0) is 21.8. The molecule has 0 aromatic carbocycles. The molecule has 1 saturated heterocycles. The Labute approximate surface area is 184 Å². The summed E-state index contributed by atoms with van der Waals surface area (Å²) < 4.78 is 5.42. The van der Waals surface area contributed by atoms with E-state index in [-0.39, 0.29) is 28.7 Å². The fourth-order valence-corrected chi connectivity index (χ4v) is 3.93.